The van der Waals surface area contributed by atoms with Gasteiger partial charge in [0.15, 0.2) is 0 Å². The molecule has 1 aromatic heterocycles. The first-order valence-electron chi connectivity index (χ1n) is 8.49. The summed E-state index contributed by atoms with van der Waals surface area (Å²) in [6.07, 6.45) is -0.571. The zero-order chi connectivity index (χ0) is 18.6. The first-order chi connectivity index (χ1) is 11.8. The highest BCUT2D eigenvalue weighted by molar-refractivity contribution is 5.89. The van der Waals surface area contributed by atoms with Crippen LogP contribution in [0.1, 0.15) is 38.0 Å². The average molecular weight is 345 g/mol. The number of hydrogen-bond acceptors (Lipinski definition) is 4. The maximum atomic E-state index is 12.5. The van der Waals surface area contributed by atoms with Crippen molar-refractivity contribution in [3.05, 3.63) is 41.5 Å². The standard InChI is InChI=1S/C18H27N5O2/c1-12(2)22(10-13(3)24)18(25)20-17-8-6-7-16(9-17)11-23-15(5)19-14(4)21-23/h6-9,12-13,24H,10-11H2,1-5H3,(H,20,25). The zero-order valence-corrected chi connectivity index (χ0v) is 15.5. The van der Waals surface area contributed by atoms with E-state index in [2.05, 4.69) is 15.4 Å². The molecule has 0 radical (unpaired) electrons. The lowest BCUT2D eigenvalue weighted by Gasteiger charge is -2.28. The molecule has 0 aliphatic rings. The van der Waals surface area contributed by atoms with Crippen molar-refractivity contribution < 1.29 is 9.90 Å². The number of aliphatic hydroxyl groups is 1. The summed E-state index contributed by atoms with van der Waals surface area (Å²) in [4.78, 5) is 18.4. The Morgan fingerprint density at radius 2 is 2.04 bits per heavy atom. The van der Waals surface area contributed by atoms with Crippen LogP contribution in [0.4, 0.5) is 10.5 Å². The van der Waals surface area contributed by atoms with Gasteiger partial charge in [-0.2, -0.15) is 5.10 Å². The fourth-order valence-corrected chi connectivity index (χ4v) is 2.64. The fourth-order valence-electron chi connectivity index (χ4n) is 2.64. The summed E-state index contributed by atoms with van der Waals surface area (Å²) in [5.74, 6) is 1.60. The molecule has 0 fully saturated rings. The molecule has 2 amide bonds. The minimum Gasteiger partial charge on any atom is -0.392 e. The van der Waals surface area contributed by atoms with Crippen LogP contribution in [-0.2, 0) is 6.54 Å². The molecule has 136 valence electrons. The summed E-state index contributed by atoms with van der Waals surface area (Å²) in [6.45, 7) is 10.2. The van der Waals surface area contributed by atoms with E-state index in [1.165, 1.54) is 0 Å². The molecule has 0 bridgehead atoms. The quantitative estimate of drug-likeness (QED) is 0.843. The van der Waals surface area contributed by atoms with Crippen LogP contribution >= 0.6 is 0 Å². The van der Waals surface area contributed by atoms with Crippen LogP contribution in [0.15, 0.2) is 24.3 Å². The third-order valence-corrected chi connectivity index (χ3v) is 3.82. The first kappa shape index (κ1) is 18.9. The summed E-state index contributed by atoms with van der Waals surface area (Å²) in [6, 6.07) is 7.44. The van der Waals surface area contributed by atoms with Crippen LogP contribution in [0.2, 0.25) is 0 Å². The molecule has 1 aromatic carbocycles. The van der Waals surface area contributed by atoms with Crippen molar-refractivity contribution in [1.29, 1.82) is 0 Å². The van der Waals surface area contributed by atoms with E-state index in [0.717, 1.165) is 17.2 Å². The van der Waals surface area contributed by atoms with Gasteiger partial charge in [-0.3, -0.25) is 0 Å². The molecule has 1 heterocycles. The second-order valence-electron chi connectivity index (χ2n) is 6.59. The smallest absolute Gasteiger partial charge is 0.322 e. The number of nitrogens with zero attached hydrogens (tertiary/aromatic N) is 4. The van der Waals surface area contributed by atoms with Crippen molar-refractivity contribution in [3.63, 3.8) is 0 Å². The number of nitrogens with one attached hydrogen (secondary N) is 1. The van der Waals surface area contributed by atoms with Gasteiger partial charge in [-0.15, -0.1) is 0 Å². The van der Waals surface area contributed by atoms with Gasteiger partial charge in [0.1, 0.15) is 11.6 Å². The van der Waals surface area contributed by atoms with Gasteiger partial charge in [0, 0.05) is 18.3 Å². The fraction of sp³-hybridized carbons (Fsp3) is 0.500. The second kappa shape index (κ2) is 8.11. The highest BCUT2D eigenvalue weighted by Gasteiger charge is 2.18. The number of aryl methyl sites for hydroxylation is 2. The molecule has 2 N–H and O–H groups in total. The van der Waals surface area contributed by atoms with Crippen LogP contribution in [0.5, 0.6) is 0 Å². The van der Waals surface area contributed by atoms with Crippen molar-refractivity contribution in [1.82, 2.24) is 19.7 Å². The summed E-state index contributed by atoms with van der Waals surface area (Å²) in [7, 11) is 0. The monoisotopic (exact) mass is 345 g/mol. The molecule has 0 spiro atoms. The third-order valence-electron chi connectivity index (χ3n) is 3.82. The molecular formula is C18H27N5O2. The molecular weight excluding hydrogens is 318 g/mol. The predicted molar refractivity (Wildman–Crippen MR) is 97.6 cm³/mol. The molecule has 7 heteroatoms. The number of aliphatic hydroxyl groups excluding tert-OH is 1. The van der Waals surface area contributed by atoms with Crippen molar-refractivity contribution in [2.24, 2.45) is 0 Å². The van der Waals surface area contributed by atoms with Crippen molar-refractivity contribution >= 4 is 11.7 Å². The Bertz CT molecular complexity index is 724. The molecule has 1 atom stereocenters. The molecule has 0 saturated heterocycles. The number of urea groups is 1. The lowest BCUT2D eigenvalue weighted by Crippen LogP contribution is -2.43. The van der Waals surface area contributed by atoms with E-state index in [1.54, 1.807) is 11.8 Å². The summed E-state index contributed by atoms with van der Waals surface area (Å²) in [5.41, 5.74) is 1.74. The Hall–Kier alpha value is -2.41. The summed E-state index contributed by atoms with van der Waals surface area (Å²) in [5, 5.41) is 16.9. The van der Waals surface area contributed by atoms with Gasteiger partial charge in [-0.25, -0.2) is 14.5 Å². The minimum absolute atomic E-state index is 0.00134. The largest absolute Gasteiger partial charge is 0.392 e. The number of hydrogen-bond donors (Lipinski definition) is 2. The number of carbonyl (C=O) groups is 1. The molecule has 0 aliphatic carbocycles. The van der Waals surface area contributed by atoms with Crippen LogP contribution < -0.4 is 5.32 Å². The molecule has 25 heavy (non-hydrogen) atoms. The van der Waals surface area contributed by atoms with Gasteiger partial charge in [-0.05, 0) is 52.3 Å². The molecule has 0 aliphatic heterocycles. The molecule has 0 saturated carbocycles. The van der Waals surface area contributed by atoms with Crippen LogP contribution in [-0.4, -0.2) is 49.5 Å². The van der Waals surface area contributed by atoms with E-state index >= 15 is 0 Å². The van der Waals surface area contributed by atoms with E-state index in [-0.39, 0.29) is 12.1 Å². The van der Waals surface area contributed by atoms with Gasteiger partial charge in [0.05, 0.1) is 12.6 Å². The summed E-state index contributed by atoms with van der Waals surface area (Å²) < 4.78 is 1.84. The zero-order valence-electron chi connectivity index (χ0n) is 15.5. The third kappa shape index (κ3) is 5.29. The topological polar surface area (TPSA) is 83.3 Å². The van der Waals surface area contributed by atoms with E-state index in [0.29, 0.717) is 18.8 Å². The highest BCUT2D eigenvalue weighted by Crippen LogP contribution is 2.14. The lowest BCUT2D eigenvalue weighted by atomic mass is 10.2. The van der Waals surface area contributed by atoms with Crippen LogP contribution in [0, 0.1) is 13.8 Å². The van der Waals surface area contributed by atoms with Crippen molar-refractivity contribution in [2.45, 2.75) is 53.3 Å². The van der Waals surface area contributed by atoms with Gasteiger partial charge in [0.25, 0.3) is 0 Å². The predicted octanol–water partition coefficient (Wildman–Crippen LogP) is 2.57. The first-order valence-corrected chi connectivity index (χ1v) is 8.49. The van der Waals surface area contributed by atoms with Crippen LogP contribution in [0.25, 0.3) is 0 Å². The average Bonchev–Trinajstić information content (AvgIpc) is 2.82. The van der Waals surface area contributed by atoms with Gasteiger partial charge >= 0.3 is 6.03 Å². The summed E-state index contributed by atoms with van der Waals surface area (Å²) >= 11 is 0. The van der Waals surface area contributed by atoms with Gasteiger partial charge < -0.3 is 15.3 Å². The normalized spacial score (nSPS) is 12.3. The van der Waals surface area contributed by atoms with Crippen molar-refractivity contribution in [3.8, 4) is 0 Å². The van der Waals surface area contributed by atoms with Crippen LogP contribution in [0.3, 0.4) is 0 Å². The molecule has 1 unspecified atom stereocenters. The second-order valence-corrected chi connectivity index (χ2v) is 6.59. The van der Waals surface area contributed by atoms with E-state index in [9.17, 15) is 9.90 Å². The van der Waals surface area contributed by atoms with Gasteiger partial charge in [0.2, 0.25) is 0 Å². The number of rotatable bonds is 6. The molecule has 7 nitrogen and oxygen atoms in total. The molecule has 2 rings (SSSR count). The van der Waals surface area contributed by atoms with E-state index < -0.39 is 6.10 Å². The van der Waals surface area contributed by atoms with E-state index in [1.807, 2.05) is 56.6 Å². The Morgan fingerprint density at radius 3 is 2.60 bits per heavy atom. The Kier molecular flexibility index (Phi) is 6.14. The minimum atomic E-state index is -0.571. The Labute approximate surface area is 148 Å². The van der Waals surface area contributed by atoms with Gasteiger partial charge in [-0.1, -0.05) is 12.1 Å². The Balaban J connectivity index is 2.10. The number of anilines is 1. The molecule has 2 aromatic rings. The number of amides is 2. The highest BCUT2D eigenvalue weighted by atomic mass is 16.3. The lowest BCUT2D eigenvalue weighted by molar-refractivity contribution is 0.125. The van der Waals surface area contributed by atoms with Crippen molar-refractivity contribution in [2.75, 3.05) is 11.9 Å². The maximum Gasteiger partial charge on any atom is 0.322 e. The SMILES string of the molecule is Cc1nc(C)n(Cc2cccc(NC(=O)N(CC(C)O)C(C)C)c2)n1. The maximum absolute atomic E-state index is 12.5. The van der Waals surface area contributed by atoms with E-state index in [4.69, 9.17) is 0 Å². The Morgan fingerprint density at radius 1 is 1.32 bits per heavy atom. The number of benzene rings is 1. The number of carbonyl (C=O) groups excluding carboxylic acids is 1. The number of aromatic nitrogens is 3.